The Hall–Kier alpha value is -3.82. The summed E-state index contributed by atoms with van der Waals surface area (Å²) in [5.74, 6) is -1.35. The van der Waals surface area contributed by atoms with E-state index in [1.165, 1.54) is 0 Å². The molecule has 6 rings (SSSR count). The van der Waals surface area contributed by atoms with Crippen LogP contribution in [0.2, 0.25) is 0 Å². The number of ether oxygens (including phenoxy) is 1. The molecule has 3 fully saturated rings. The van der Waals surface area contributed by atoms with Crippen molar-refractivity contribution in [3.63, 3.8) is 0 Å². The maximum Gasteiger partial charge on any atom is 0.248 e. The summed E-state index contributed by atoms with van der Waals surface area (Å²) < 4.78 is 4.74. The molecule has 6 atom stereocenters. The van der Waals surface area contributed by atoms with E-state index < -0.39 is 28.7 Å². The molecule has 3 saturated heterocycles. The molecule has 0 aromatic heterocycles. The summed E-state index contributed by atoms with van der Waals surface area (Å²) in [6, 6.07) is 20.8. The van der Waals surface area contributed by atoms with E-state index in [2.05, 4.69) is 10.6 Å². The summed E-state index contributed by atoms with van der Waals surface area (Å²) >= 11 is 1.60. The van der Waals surface area contributed by atoms with Gasteiger partial charge < -0.3 is 25.4 Å². The van der Waals surface area contributed by atoms with Crippen molar-refractivity contribution in [3.05, 3.63) is 89.5 Å². The summed E-state index contributed by atoms with van der Waals surface area (Å²) in [7, 11) is 0. The smallest absolute Gasteiger partial charge is 0.248 e. The van der Waals surface area contributed by atoms with Crippen LogP contribution in [0.15, 0.2) is 72.8 Å². The van der Waals surface area contributed by atoms with Gasteiger partial charge in [-0.1, -0.05) is 42.5 Å². The molecule has 8 nitrogen and oxygen atoms in total. The lowest BCUT2D eigenvalue weighted by atomic mass is 9.70. The van der Waals surface area contributed by atoms with Gasteiger partial charge in [-0.05, 0) is 80.6 Å². The second-order valence-corrected chi connectivity index (χ2v) is 13.3. The number of hydrogen-bond acceptors (Lipinski definition) is 6. The van der Waals surface area contributed by atoms with Crippen molar-refractivity contribution in [1.29, 1.82) is 0 Å². The Labute approximate surface area is 256 Å². The Bertz CT molecular complexity index is 1530. The zero-order chi connectivity index (χ0) is 30.3. The van der Waals surface area contributed by atoms with E-state index in [0.29, 0.717) is 30.2 Å². The highest BCUT2D eigenvalue weighted by Crippen LogP contribution is 2.67. The maximum atomic E-state index is 14.5. The second kappa shape index (κ2) is 11.7. The van der Waals surface area contributed by atoms with E-state index in [1.54, 1.807) is 40.9 Å². The first-order valence-electron chi connectivity index (χ1n) is 14.8. The molecule has 3 heterocycles. The Morgan fingerprint density at radius 2 is 1.79 bits per heavy atom. The van der Waals surface area contributed by atoms with Crippen LogP contribution in [-0.2, 0) is 14.4 Å². The van der Waals surface area contributed by atoms with Crippen LogP contribution in [-0.4, -0.2) is 57.0 Å². The van der Waals surface area contributed by atoms with Crippen molar-refractivity contribution in [1.82, 2.24) is 4.90 Å². The Morgan fingerprint density at radius 3 is 2.49 bits per heavy atom. The van der Waals surface area contributed by atoms with Gasteiger partial charge in [0.05, 0.1) is 35.8 Å². The molecule has 1 spiro atoms. The summed E-state index contributed by atoms with van der Waals surface area (Å²) in [6.45, 7) is 6.02. The average molecular weight is 600 g/mol. The van der Waals surface area contributed by atoms with Crippen molar-refractivity contribution in [2.45, 2.75) is 55.7 Å². The second-order valence-electron chi connectivity index (χ2n) is 11.7. The lowest BCUT2D eigenvalue weighted by Gasteiger charge is -2.37. The number of rotatable bonds is 9. The van der Waals surface area contributed by atoms with Crippen LogP contribution in [0.3, 0.4) is 0 Å². The van der Waals surface area contributed by atoms with E-state index in [0.717, 1.165) is 23.1 Å². The van der Waals surface area contributed by atoms with E-state index in [9.17, 15) is 19.5 Å². The van der Waals surface area contributed by atoms with Crippen LogP contribution in [0.4, 0.5) is 11.4 Å². The Kier molecular flexibility index (Phi) is 7.96. The van der Waals surface area contributed by atoms with Gasteiger partial charge in [0.25, 0.3) is 0 Å². The molecule has 3 aliphatic rings. The molecule has 43 heavy (non-hydrogen) atoms. The first-order chi connectivity index (χ1) is 20.8. The standard InChI is InChI=1S/C34H37N3O5S/c1-4-42-24-14-12-23(13-15-24)35-31(39)28-27-16-17-34(43-27)29(28)33(41)37(26(19-38)22-8-6-5-7-9-22)30(34)32(40)36-25-18-20(2)10-11-21(25)3/h5-15,18,26-30,38H,4,16-17,19H2,1-3H3,(H,35,39)(H,36,40)/t26-,27-,28+,29+,30?,34?/m1/s1. The fraction of sp³-hybridized carbons (Fsp3) is 0.382. The number of carbonyl (C=O) groups is 3. The first kappa shape index (κ1) is 29.3. The molecule has 0 saturated carbocycles. The summed E-state index contributed by atoms with van der Waals surface area (Å²) in [5.41, 5.74) is 3.99. The largest absolute Gasteiger partial charge is 0.494 e. The number of aliphatic hydroxyl groups is 1. The molecule has 2 unspecified atom stereocenters. The Balaban J connectivity index is 1.37. The number of likely N-dealkylation sites (tertiary alicyclic amines) is 1. The number of nitrogens with one attached hydrogen (secondary N) is 2. The van der Waals surface area contributed by atoms with Crippen LogP contribution in [0.5, 0.6) is 5.75 Å². The number of thioether (sulfide) groups is 1. The molecule has 3 N–H and O–H groups in total. The predicted molar refractivity (Wildman–Crippen MR) is 168 cm³/mol. The summed E-state index contributed by atoms with van der Waals surface area (Å²) in [4.78, 5) is 44.4. The lowest BCUT2D eigenvalue weighted by molar-refractivity contribution is -0.141. The highest BCUT2D eigenvalue weighted by molar-refractivity contribution is 8.02. The fourth-order valence-corrected chi connectivity index (χ4v) is 9.36. The molecular weight excluding hydrogens is 562 g/mol. The molecule has 3 aromatic rings. The average Bonchev–Trinajstić information content (AvgIpc) is 3.65. The fourth-order valence-electron chi connectivity index (χ4n) is 7.15. The molecule has 3 amide bonds. The Morgan fingerprint density at radius 1 is 1.05 bits per heavy atom. The summed E-state index contributed by atoms with van der Waals surface area (Å²) in [5, 5.41) is 16.7. The first-order valence-corrected chi connectivity index (χ1v) is 15.7. The minimum Gasteiger partial charge on any atom is -0.494 e. The van der Waals surface area contributed by atoms with Gasteiger partial charge in [0.2, 0.25) is 17.7 Å². The van der Waals surface area contributed by atoms with Gasteiger partial charge in [-0.2, -0.15) is 0 Å². The molecule has 224 valence electrons. The maximum absolute atomic E-state index is 14.5. The number of fused-ring (bicyclic) bond motifs is 1. The topological polar surface area (TPSA) is 108 Å². The van der Waals surface area contributed by atoms with Crippen LogP contribution in [0.25, 0.3) is 0 Å². The minimum atomic E-state index is -0.861. The zero-order valence-corrected chi connectivity index (χ0v) is 25.4. The van der Waals surface area contributed by atoms with Gasteiger partial charge >= 0.3 is 0 Å². The van der Waals surface area contributed by atoms with E-state index >= 15 is 0 Å². The van der Waals surface area contributed by atoms with Crippen molar-refractivity contribution in [2.24, 2.45) is 11.8 Å². The lowest BCUT2D eigenvalue weighted by Crippen LogP contribution is -2.52. The number of nitrogens with zero attached hydrogens (tertiary/aromatic N) is 1. The number of aliphatic hydroxyl groups excluding tert-OH is 1. The third-order valence-corrected chi connectivity index (χ3v) is 11.0. The number of hydrogen-bond donors (Lipinski definition) is 3. The van der Waals surface area contributed by atoms with Gasteiger partial charge in [-0.15, -0.1) is 11.8 Å². The van der Waals surface area contributed by atoms with Crippen molar-refractivity contribution in [2.75, 3.05) is 23.8 Å². The number of carbonyl (C=O) groups excluding carboxylic acids is 3. The highest BCUT2D eigenvalue weighted by Gasteiger charge is 2.74. The minimum absolute atomic E-state index is 0.0842. The third kappa shape index (κ3) is 5.08. The van der Waals surface area contributed by atoms with Gasteiger partial charge in [0, 0.05) is 16.6 Å². The van der Waals surface area contributed by atoms with Crippen LogP contribution < -0.4 is 15.4 Å². The normalized spacial score (nSPS) is 26.2. The molecule has 3 aromatic carbocycles. The summed E-state index contributed by atoms with van der Waals surface area (Å²) in [6.07, 6.45) is 1.37. The van der Waals surface area contributed by atoms with E-state index in [-0.39, 0.29) is 29.6 Å². The van der Waals surface area contributed by atoms with Gasteiger partial charge in [0.15, 0.2) is 0 Å². The zero-order valence-electron chi connectivity index (χ0n) is 24.6. The van der Waals surface area contributed by atoms with Crippen molar-refractivity contribution >= 4 is 40.9 Å². The highest BCUT2D eigenvalue weighted by atomic mass is 32.2. The number of anilines is 2. The number of amides is 3. The predicted octanol–water partition coefficient (Wildman–Crippen LogP) is 5.10. The van der Waals surface area contributed by atoms with Gasteiger partial charge in [-0.25, -0.2) is 0 Å². The monoisotopic (exact) mass is 599 g/mol. The molecule has 9 heteroatoms. The molecule has 3 aliphatic heterocycles. The molecule has 0 aliphatic carbocycles. The van der Waals surface area contributed by atoms with Gasteiger partial charge in [0.1, 0.15) is 11.8 Å². The van der Waals surface area contributed by atoms with Crippen LogP contribution in [0, 0.1) is 25.7 Å². The van der Waals surface area contributed by atoms with E-state index in [4.69, 9.17) is 4.74 Å². The quantitative estimate of drug-likeness (QED) is 0.316. The van der Waals surface area contributed by atoms with Gasteiger partial charge in [-0.3, -0.25) is 14.4 Å². The molecule has 2 bridgehead atoms. The number of benzene rings is 3. The molecule has 0 radical (unpaired) electrons. The van der Waals surface area contributed by atoms with Crippen molar-refractivity contribution < 1.29 is 24.2 Å². The van der Waals surface area contributed by atoms with Crippen LogP contribution >= 0.6 is 11.8 Å². The third-order valence-electron chi connectivity index (χ3n) is 9.07. The molecular formula is C34H37N3O5S. The SMILES string of the molecule is CCOc1ccc(NC(=O)[C@@H]2[C@H]3C(=O)N([C@H](CO)c4ccccc4)C(C(=O)Nc4cc(C)ccc4C)C34CC[C@H]2S4)cc1. The van der Waals surface area contributed by atoms with Crippen LogP contribution in [0.1, 0.15) is 42.5 Å². The number of aryl methyl sites for hydroxylation is 2. The van der Waals surface area contributed by atoms with E-state index in [1.807, 2.05) is 69.3 Å². The van der Waals surface area contributed by atoms with Crippen molar-refractivity contribution in [3.8, 4) is 5.75 Å².